The summed E-state index contributed by atoms with van der Waals surface area (Å²) >= 11 is 0. The lowest BCUT2D eigenvalue weighted by Crippen LogP contribution is -2.22. The second kappa shape index (κ2) is 10.00. The summed E-state index contributed by atoms with van der Waals surface area (Å²) in [5, 5.41) is 11.7. The average molecular weight is 291 g/mol. The van der Waals surface area contributed by atoms with Crippen molar-refractivity contribution in [2.75, 3.05) is 19.8 Å². The smallest absolute Gasteiger partial charge is 0.243 e. The highest BCUT2D eigenvalue weighted by atomic mass is 16.5. The predicted molar refractivity (Wildman–Crippen MR) is 85.1 cm³/mol. The highest BCUT2D eigenvalue weighted by molar-refractivity contribution is 5.91. The molecule has 21 heavy (non-hydrogen) atoms. The van der Waals surface area contributed by atoms with E-state index in [4.69, 9.17) is 9.84 Å². The summed E-state index contributed by atoms with van der Waals surface area (Å²) in [6.45, 7) is 5.42. The standard InChI is InChI=1S/C17H25NO3/c1-3-21-16-9-6-15(7-10-16)8-11-17(20)18-12-4-5-14(2)13-19/h6-11,14,19H,3-5,12-13H2,1-2H3,(H,18,20)/b11-8+. The van der Waals surface area contributed by atoms with Crippen molar-refractivity contribution in [2.24, 2.45) is 5.92 Å². The maximum Gasteiger partial charge on any atom is 0.243 e. The molecule has 4 nitrogen and oxygen atoms in total. The van der Waals surface area contributed by atoms with Gasteiger partial charge < -0.3 is 15.2 Å². The molecule has 1 rings (SSSR count). The fourth-order valence-corrected chi connectivity index (χ4v) is 1.83. The molecule has 0 radical (unpaired) electrons. The van der Waals surface area contributed by atoms with Gasteiger partial charge in [-0.3, -0.25) is 4.79 Å². The van der Waals surface area contributed by atoms with Gasteiger partial charge in [-0.25, -0.2) is 0 Å². The Morgan fingerprint density at radius 1 is 1.38 bits per heavy atom. The molecule has 0 spiro atoms. The molecule has 0 aromatic heterocycles. The van der Waals surface area contributed by atoms with Gasteiger partial charge in [-0.1, -0.05) is 19.1 Å². The fourth-order valence-electron chi connectivity index (χ4n) is 1.83. The Kier molecular flexibility index (Phi) is 8.21. The number of nitrogens with one attached hydrogen (secondary N) is 1. The van der Waals surface area contributed by atoms with Gasteiger partial charge in [-0.05, 0) is 49.5 Å². The number of aliphatic hydroxyl groups is 1. The third-order valence-corrected chi connectivity index (χ3v) is 3.10. The highest BCUT2D eigenvalue weighted by Gasteiger charge is 2.00. The molecule has 116 valence electrons. The first-order valence-electron chi connectivity index (χ1n) is 7.45. The summed E-state index contributed by atoms with van der Waals surface area (Å²) in [6.07, 6.45) is 5.11. The molecule has 1 amide bonds. The Balaban J connectivity index is 2.29. The quantitative estimate of drug-likeness (QED) is 0.543. The molecular weight excluding hydrogens is 266 g/mol. The van der Waals surface area contributed by atoms with E-state index in [1.54, 1.807) is 6.08 Å². The van der Waals surface area contributed by atoms with Crippen molar-refractivity contribution in [1.29, 1.82) is 0 Å². The fraction of sp³-hybridized carbons (Fsp3) is 0.471. The number of carbonyl (C=O) groups excluding carboxylic acids is 1. The van der Waals surface area contributed by atoms with Gasteiger partial charge in [0.1, 0.15) is 5.75 Å². The number of hydrogen-bond donors (Lipinski definition) is 2. The van der Waals surface area contributed by atoms with Gasteiger partial charge in [0.15, 0.2) is 0 Å². The molecule has 1 aromatic rings. The number of hydrogen-bond acceptors (Lipinski definition) is 3. The first kappa shape index (κ1) is 17.2. The summed E-state index contributed by atoms with van der Waals surface area (Å²) in [4.78, 5) is 11.6. The van der Waals surface area contributed by atoms with Crippen LogP contribution in [0.2, 0.25) is 0 Å². The topological polar surface area (TPSA) is 58.6 Å². The van der Waals surface area contributed by atoms with E-state index in [1.807, 2.05) is 38.1 Å². The number of aliphatic hydroxyl groups excluding tert-OH is 1. The van der Waals surface area contributed by atoms with E-state index >= 15 is 0 Å². The Morgan fingerprint density at radius 2 is 2.10 bits per heavy atom. The molecule has 0 saturated heterocycles. The number of benzene rings is 1. The molecule has 0 aliphatic rings. The van der Waals surface area contributed by atoms with E-state index in [2.05, 4.69) is 5.32 Å². The van der Waals surface area contributed by atoms with Crippen LogP contribution in [0.3, 0.4) is 0 Å². The Labute approximate surface area is 126 Å². The zero-order valence-corrected chi connectivity index (χ0v) is 12.8. The zero-order chi connectivity index (χ0) is 15.5. The normalized spacial score (nSPS) is 12.3. The van der Waals surface area contributed by atoms with Crippen LogP contribution in [0.4, 0.5) is 0 Å². The molecular formula is C17H25NO3. The molecule has 0 saturated carbocycles. The second-order valence-corrected chi connectivity index (χ2v) is 5.06. The molecule has 0 aliphatic carbocycles. The molecule has 0 fully saturated rings. The van der Waals surface area contributed by atoms with Crippen molar-refractivity contribution in [3.63, 3.8) is 0 Å². The van der Waals surface area contributed by atoms with E-state index in [0.717, 1.165) is 24.2 Å². The molecule has 1 aromatic carbocycles. The number of rotatable bonds is 9. The summed E-state index contributed by atoms with van der Waals surface area (Å²) in [5.74, 6) is 1.03. The van der Waals surface area contributed by atoms with Crippen molar-refractivity contribution in [2.45, 2.75) is 26.7 Å². The van der Waals surface area contributed by atoms with Gasteiger partial charge in [-0.2, -0.15) is 0 Å². The first-order chi connectivity index (χ1) is 10.2. The van der Waals surface area contributed by atoms with Crippen molar-refractivity contribution in [3.05, 3.63) is 35.9 Å². The zero-order valence-electron chi connectivity index (χ0n) is 12.8. The van der Waals surface area contributed by atoms with Crippen LogP contribution in [-0.4, -0.2) is 30.8 Å². The maximum atomic E-state index is 11.6. The van der Waals surface area contributed by atoms with E-state index in [9.17, 15) is 4.79 Å². The van der Waals surface area contributed by atoms with E-state index < -0.39 is 0 Å². The van der Waals surface area contributed by atoms with E-state index in [-0.39, 0.29) is 12.5 Å². The third-order valence-electron chi connectivity index (χ3n) is 3.10. The van der Waals surface area contributed by atoms with Crippen molar-refractivity contribution < 1.29 is 14.6 Å². The van der Waals surface area contributed by atoms with Gasteiger partial charge in [0, 0.05) is 19.2 Å². The molecule has 1 atom stereocenters. The lowest BCUT2D eigenvalue weighted by atomic mass is 10.1. The third kappa shape index (κ3) is 7.51. The molecule has 0 heterocycles. The summed E-state index contributed by atoms with van der Waals surface area (Å²) in [7, 11) is 0. The minimum atomic E-state index is -0.0967. The van der Waals surface area contributed by atoms with Crippen LogP contribution in [0, 0.1) is 5.92 Å². The van der Waals surface area contributed by atoms with Crippen LogP contribution < -0.4 is 10.1 Å². The van der Waals surface area contributed by atoms with Crippen molar-refractivity contribution in [3.8, 4) is 5.75 Å². The minimum Gasteiger partial charge on any atom is -0.494 e. The Hall–Kier alpha value is -1.81. The van der Waals surface area contributed by atoms with Crippen LogP contribution in [0.5, 0.6) is 5.75 Å². The lowest BCUT2D eigenvalue weighted by Gasteiger charge is -2.07. The number of amides is 1. The SMILES string of the molecule is CCOc1ccc(/C=C/C(=O)NCCCC(C)CO)cc1. The summed E-state index contributed by atoms with van der Waals surface area (Å²) < 4.78 is 5.36. The molecule has 4 heteroatoms. The van der Waals surface area contributed by atoms with Crippen LogP contribution in [-0.2, 0) is 4.79 Å². The van der Waals surface area contributed by atoms with Crippen molar-refractivity contribution in [1.82, 2.24) is 5.32 Å². The van der Waals surface area contributed by atoms with Crippen LogP contribution in [0.25, 0.3) is 6.08 Å². The monoisotopic (exact) mass is 291 g/mol. The van der Waals surface area contributed by atoms with Gasteiger partial charge in [0.25, 0.3) is 0 Å². The number of carbonyl (C=O) groups is 1. The molecule has 0 bridgehead atoms. The largest absolute Gasteiger partial charge is 0.494 e. The lowest BCUT2D eigenvalue weighted by molar-refractivity contribution is -0.116. The van der Waals surface area contributed by atoms with E-state index in [1.165, 1.54) is 6.08 Å². The van der Waals surface area contributed by atoms with E-state index in [0.29, 0.717) is 19.1 Å². The predicted octanol–water partition coefficient (Wildman–Crippen LogP) is 2.62. The summed E-state index contributed by atoms with van der Waals surface area (Å²) in [6, 6.07) is 7.60. The average Bonchev–Trinajstić information content (AvgIpc) is 2.51. The molecule has 2 N–H and O–H groups in total. The number of ether oxygens (including phenoxy) is 1. The van der Waals surface area contributed by atoms with Gasteiger partial charge in [-0.15, -0.1) is 0 Å². The van der Waals surface area contributed by atoms with Gasteiger partial charge in [0.05, 0.1) is 6.61 Å². The highest BCUT2D eigenvalue weighted by Crippen LogP contribution is 2.12. The van der Waals surface area contributed by atoms with Crippen LogP contribution >= 0.6 is 0 Å². The summed E-state index contributed by atoms with van der Waals surface area (Å²) in [5.41, 5.74) is 0.961. The van der Waals surface area contributed by atoms with Crippen LogP contribution in [0.1, 0.15) is 32.3 Å². The minimum absolute atomic E-state index is 0.0967. The Morgan fingerprint density at radius 3 is 2.71 bits per heavy atom. The molecule has 0 aliphatic heterocycles. The Bertz CT molecular complexity index is 440. The first-order valence-corrected chi connectivity index (χ1v) is 7.45. The molecule has 1 unspecified atom stereocenters. The second-order valence-electron chi connectivity index (χ2n) is 5.06. The van der Waals surface area contributed by atoms with Crippen LogP contribution in [0.15, 0.2) is 30.3 Å². The maximum absolute atomic E-state index is 11.6. The van der Waals surface area contributed by atoms with Gasteiger partial charge in [0.2, 0.25) is 5.91 Å². The van der Waals surface area contributed by atoms with Gasteiger partial charge >= 0.3 is 0 Å². The van der Waals surface area contributed by atoms with Crippen molar-refractivity contribution >= 4 is 12.0 Å².